The summed E-state index contributed by atoms with van der Waals surface area (Å²) in [6, 6.07) is 14.9. The van der Waals surface area contributed by atoms with E-state index in [4.69, 9.17) is 4.74 Å². The van der Waals surface area contributed by atoms with Crippen LogP contribution in [0.25, 0.3) is 11.3 Å². The molecule has 3 aromatic rings. The van der Waals surface area contributed by atoms with E-state index in [1.165, 1.54) is 15.6 Å². The normalized spacial score (nSPS) is 15.2. The molecule has 2 heterocycles. The van der Waals surface area contributed by atoms with Gasteiger partial charge in [-0.25, -0.2) is 13.4 Å². The third-order valence-electron chi connectivity index (χ3n) is 5.03. The van der Waals surface area contributed by atoms with E-state index in [1.807, 2.05) is 54.7 Å². The van der Waals surface area contributed by atoms with Gasteiger partial charge < -0.3 is 9.64 Å². The van der Waals surface area contributed by atoms with Crippen molar-refractivity contribution in [2.45, 2.75) is 4.90 Å². The Morgan fingerprint density at radius 2 is 1.91 bits per heavy atom. The fraction of sp³-hybridized carbons (Fsp3) is 0.273. The first-order valence-electron chi connectivity index (χ1n) is 10.1. The van der Waals surface area contributed by atoms with Gasteiger partial charge in [0.15, 0.2) is 0 Å². The number of morpholine rings is 1. The minimum absolute atomic E-state index is 0.263. The van der Waals surface area contributed by atoms with Crippen LogP contribution in [0.5, 0.6) is 0 Å². The van der Waals surface area contributed by atoms with Crippen molar-refractivity contribution in [2.24, 2.45) is 5.10 Å². The molecule has 0 bridgehead atoms. The van der Waals surface area contributed by atoms with Gasteiger partial charge in [0.2, 0.25) is 15.2 Å². The summed E-state index contributed by atoms with van der Waals surface area (Å²) in [5.74, 6) is 0. The smallest absolute Gasteiger partial charge is 0.243 e. The van der Waals surface area contributed by atoms with Gasteiger partial charge in [0.1, 0.15) is 0 Å². The van der Waals surface area contributed by atoms with Crippen LogP contribution in [-0.2, 0) is 14.8 Å². The Bertz CT molecular complexity index is 1180. The number of sulfonamides is 1. The average molecular weight is 472 g/mol. The van der Waals surface area contributed by atoms with Gasteiger partial charge in [-0.05, 0) is 29.8 Å². The van der Waals surface area contributed by atoms with Crippen LogP contribution >= 0.6 is 11.3 Å². The molecule has 168 valence electrons. The number of hydrogen-bond donors (Lipinski definition) is 1. The zero-order chi connectivity index (χ0) is 22.6. The molecule has 10 heteroatoms. The molecule has 0 spiro atoms. The first-order chi connectivity index (χ1) is 15.4. The minimum atomic E-state index is -3.55. The third-order valence-corrected chi connectivity index (χ3v) is 7.67. The predicted molar refractivity (Wildman–Crippen MR) is 129 cm³/mol. The van der Waals surface area contributed by atoms with E-state index in [0.717, 1.165) is 16.8 Å². The Morgan fingerprint density at radius 1 is 1.16 bits per heavy atom. The van der Waals surface area contributed by atoms with Crippen LogP contribution in [0.4, 0.5) is 10.8 Å². The number of hydrogen-bond acceptors (Lipinski definition) is 8. The maximum absolute atomic E-state index is 12.9. The minimum Gasteiger partial charge on any atom is -0.379 e. The second-order valence-corrected chi connectivity index (χ2v) is 10.2. The number of ether oxygens (including phenoxy) is 1. The first kappa shape index (κ1) is 22.4. The molecule has 32 heavy (non-hydrogen) atoms. The van der Waals surface area contributed by atoms with Crippen LogP contribution < -0.4 is 10.3 Å². The van der Waals surface area contributed by atoms with Crippen LogP contribution in [0.2, 0.25) is 0 Å². The molecule has 0 radical (unpaired) electrons. The molecule has 1 aliphatic heterocycles. The molecule has 0 aliphatic carbocycles. The standard InChI is InChI=1S/C22H25N5O3S2/c1-26(2)19-8-6-17(7-9-19)15-23-25-22-24-21(16-31-22)18-4-3-5-20(14-18)32(28,29)27-10-12-30-13-11-27/h3-9,14-16H,10-13H2,1-2H3,(H,24,25). The number of nitrogens with one attached hydrogen (secondary N) is 1. The number of thiazole rings is 1. The second-order valence-electron chi connectivity index (χ2n) is 7.44. The van der Waals surface area contributed by atoms with Gasteiger partial charge in [-0.2, -0.15) is 9.41 Å². The topological polar surface area (TPSA) is 87.1 Å². The number of anilines is 2. The zero-order valence-electron chi connectivity index (χ0n) is 17.9. The van der Waals surface area contributed by atoms with Crippen molar-refractivity contribution < 1.29 is 13.2 Å². The van der Waals surface area contributed by atoms with Crippen molar-refractivity contribution in [1.82, 2.24) is 9.29 Å². The summed E-state index contributed by atoms with van der Waals surface area (Å²) in [7, 11) is 0.445. The Kier molecular flexibility index (Phi) is 6.85. The summed E-state index contributed by atoms with van der Waals surface area (Å²) in [5, 5.41) is 6.76. The molecule has 1 aliphatic rings. The number of rotatable bonds is 7. The average Bonchev–Trinajstić information content (AvgIpc) is 3.29. The predicted octanol–water partition coefficient (Wildman–Crippen LogP) is 3.34. The molecular weight excluding hydrogens is 446 g/mol. The summed E-state index contributed by atoms with van der Waals surface area (Å²) in [6.45, 7) is 1.57. The Balaban J connectivity index is 1.45. The molecule has 8 nitrogen and oxygen atoms in total. The van der Waals surface area contributed by atoms with Crippen LogP contribution in [0, 0.1) is 0 Å². The molecule has 0 unspecified atom stereocenters. The zero-order valence-corrected chi connectivity index (χ0v) is 19.6. The van der Waals surface area contributed by atoms with Gasteiger partial charge in [0, 0.05) is 43.8 Å². The van der Waals surface area contributed by atoms with Gasteiger partial charge in [0.25, 0.3) is 0 Å². The van der Waals surface area contributed by atoms with E-state index in [1.54, 1.807) is 24.4 Å². The second kappa shape index (κ2) is 9.78. The fourth-order valence-corrected chi connectivity index (χ4v) is 5.35. The Hall–Kier alpha value is -2.79. The van der Waals surface area contributed by atoms with E-state index in [9.17, 15) is 8.42 Å². The lowest BCUT2D eigenvalue weighted by Gasteiger charge is -2.26. The highest BCUT2D eigenvalue weighted by Gasteiger charge is 2.26. The molecule has 0 amide bonds. The van der Waals surface area contributed by atoms with Crippen LogP contribution in [0.3, 0.4) is 0 Å². The molecule has 0 atom stereocenters. The van der Waals surface area contributed by atoms with Gasteiger partial charge in [0.05, 0.1) is 30.0 Å². The quantitative estimate of drug-likeness (QED) is 0.420. The summed E-state index contributed by atoms with van der Waals surface area (Å²) in [4.78, 5) is 6.84. The summed E-state index contributed by atoms with van der Waals surface area (Å²) >= 11 is 1.41. The van der Waals surface area contributed by atoms with E-state index >= 15 is 0 Å². The lowest BCUT2D eigenvalue weighted by molar-refractivity contribution is 0.0730. The Morgan fingerprint density at radius 3 is 2.62 bits per heavy atom. The van der Waals surface area contributed by atoms with Crippen molar-refractivity contribution in [3.05, 3.63) is 59.5 Å². The van der Waals surface area contributed by atoms with Gasteiger partial charge in [-0.3, -0.25) is 5.43 Å². The van der Waals surface area contributed by atoms with Crippen molar-refractivity contribution in [3.63, 3.8) is 0 Å². The van der Waals surface area contributed by atoms with Gasteiger partial charge >= 0.3 is 0 Å². The highest BCUT2D eigenvalue weighted by molar-refractivity contribution is 7.89. The Labute approximate surface area is 192 Å². The molecule has 2 aromatic carbocycles. The molecule has 0 saturated carbocycles. The van der Waals surface area contributed by atoms with E-state index < -0.39 is 10.0 Å². The molecular formula is C22H25N5O3S2. The summed E-state index contributed by atoms with van der Waals surface area (Å²) < 4.78 is 32.6. The molecule has 1 aromatic heterocycles. The van der Waals surface area contributed by atoms with E-state index in [2.05, 4.69) is 15.5 Å². The maximum Gasteiger partial charge on any atom is 0.243 e. The molecule has 4 rings (SSSR count). The lowest BCUT2D eigenvalue weighted by Crippen LogP contribution is -2.40. The molecule has 1 N–H and O–H groups in total. The molecule has 1 saturated heterocycles. The summed E-state index contributed by atoms with van der Waals surface area (Å²) in [6.07, 6.45) is 1.73. The summed E-state index contributed by atoms with van der Waals surface area (Å²) in [5.41, 5.74) is 6.48. The van der Waals surface area contributed by atoms with E-state index in [0.29, 0.717) is 37.1 Å². The molecule has 1 fully saturated rings. The van der Waals surface area contributed by atoms with Crippen molar-refractivity contribution in [3.8, 4) is 11.3 Å². The highest BCUT2D eigenvalue weighted by atomic mass is 32.2. The van der Waals surface area contributed by atoms with Crippen molar-refractivity contribution >= 4 is 38.4 Å². The first-order valence-corrected chi connectivity index (χ1v) is 12.5. The van der Waals surface area contributed by atoms with E-state index in [-0.39, 0.29) is 4.90 Å². The SMILES string of the molecule is CN(C)c1ccc(C=NNc2nc(-c3cccc(S(=O)(=O)N4CCOCC4)c3)cs2)cc1. The van der Waals surface area contributed by atoms with Crippen LogP contribution in [0.1, 0.15) is 5.56 Å². The van der Waals surface area contributed by atoms with Gasteiger partial charge in [-0.15, -0.1) is 11.3 Å². The van der Waals surface area contributed by atoms with Crippen LogP contribution in [-0.4, -0.2) is 64.3 Å². The monoisotopic (exact) mass is 471 g/mol. The van der Waals surface area contributed by atoms with Crippen molar-refractivity contribution in [2.75, 3.05) is 50.7 Å². The van der Waals surface area contributed by atoms with Crippen molar-refractivity contribution in [1.29, 1.82) is 0 Å². The fourth-order valence-electron chi connectivity index (χ4n) is 3.23. The third kappa shape index (κ3) is 5.16. The largest absolute Gasteiger partial charge is 0.379 e. The van der Waals surface area contributed by atoms with Gasteiger partial charge in [-0.1, -0.05) is 24.3 Å². The maximum atomic E-state index is 12.9. The number of benzene rings is 2. The highest BCUT2D eigenvalue weighted by Crippen LogP contribution is 2.28. The number of nitrogens with zero attached hydrogens (tertiary/aromatic N) is 4. The van der Waals surface area contributed by atoms with Crippen LogP contribution in [0.15, 0.2) is 63.9 Å². The number of aromatic nitrogens is 1. The number of hydrazone groups is 1. The lowest BCUT2D eigenvalue weighted by atomic mass is 10.2.